The van der Waals surface area contributed by atoms with E-state index in [4.69, 9.17) is 0 Å². The highest BCUT2D eigenvalue weighted by atomic mass is 16.2. The summed E-state index contributed by atoms with van der Waals surface area (Å²) in [6, 6.07) is 7.83. The van der Waals surface area contributed by atoms with Crippen molar-refractivity contribution in [1.82, 2.24) is 9.80 Å². The van der Waals surface area contributed by atoms with Crippen molar-refractivity contribution in [3.05, 3.63) is 29.8 Å². The van der Waals surface area contributed by atoms with Gasteiger partial charge in [-0.15, -0.1) is 0 Å². The first kappa shape index (κ1) is 17.5. The van der Waals surface area contributed by atoms with Gasteiger partial charge in [0, 0.05) is 51.8 Å². The molecule has 0 radical (unpaired) electrons. The Morgan fingerprint density at radius 2 is 1.87 bits per heavy atom. The Morgan fingerprint density at radius 3 is 2.43 bits per heavy atom. The van der Waals surface area contributed by atoms with E-state index in [1.807, 2.05) is 36.1 Å². The topological polar surface area (TPSA) is 43.9 Å². The average Bonchev–Trinajstić information content (AvgIpc) is 2.54. The molecule has 0 atom stereocenters. The van der Waals surface area contributed by atoms with E-state index in [1.54, 1.807) is 11.8 Å². The second-order valence-corrected chi connectivity index (χ2v) is 6.07. The lowest BCUT2D eigenvalue weighted by atomic mass is 10.2. The van der Waals surface area contributed by atoms with Crippen LogP contribution in [0.1, 0.15) is 25.8 Å². The smallest absolute Gasteiger partial charge is 0.224 e. The Hall–Kier alpha value is -1.88. The number of amides is 2. The fourth-order valence-corrected chi connectivity index (χ4v) is 2.94. The summed E-state index contributed by atoms with van der Waals surface area (Å²) in [5.74, 6) is 0.110. The maximum Gasteiger partial charge on any atom is 0.224 e. The molecule has 5 nitrogen and oxygen atoms in total. The zero-order chi connectivity index (χ0) is 16.8. The highest BCUT2D eigenvalue weighted by molar-refractivity contribution is 5.92. The van der Waals surface area contributed by atoms with Gasteiger partial charge in [0.05, 0.1) is 0 Å². The molecule has 1 aromatic carbocycles. The third-order valence-electron chi connectivity index (χ3n) is 4.41. The van der Waals surface area contributed by atoms with E-state index >= 15 is 0 Å². The highest BCUT2D eigenvalue weighted by Gasteiger charge is 2.21. The van der Waals surface area contributed by atoms with Gasteiger partial charge in [0.25, 0.3) is 0 Å². The number of likely N-dealkylation sites (N-methyl/N-ethyl adjacent to an activating group) is 1. The summed E-state index contributed by atoms with van der Waals surface area (Å²) in [7, 11) is 0. The monoisotopic (exact) mass is 317 g/mol. The molecule has 0 aromatic heterocycles. The number of piperazine rings is 1. The minimum absolute atomic E-state index is 0.0285. The van der Waals surface area contributed by atoms with Crippen LogP contribution in [0.15, 0.2) is 24.3 Å². The third kappa shape index (κ3) is 4.79. The van der Waals surface area contributed by atoms with Crippen LogP contribution in [0.25, 0.3) is 0 Å². The first-order valence-electron chi connectivity index (χ1n) is 8.36. The third-order valence-corrected chi connectivity index (χ3v) is 4.41. The average molecular weight is 317 g/mol. The van der Waals surface area contributed by atoms with Gasteiger partial charge in [-0.1, -0.05) is 19.1 Å². The van der Waals surface area contributed by atoms with E-state index in [-0.39, 0.29) is 11.8 Å². The number of carbonyl (C=O) groups is 2. The molecule has 0 spiro atoms. The molecule has 0 unspecified atom stereocenters. The zero-order valence-electron chi connectivity index (χ0n) is 14.4. The van der Waals surface area contributed by atoms with Crippen LogP contribution in [0.4, 0.5) is 5.69 Å². The SMILES string of the molecule is CCN1CCN(C(=O)CCN(C(C)=O)c2cccc(C)c2)CC1. The van der Waals surface area contributed by atoms with Crippen molar-refractivity contribution in [2.45, 2.75) is 27.2 Å². The molecule has 1 fully saturated rings. The summed E-state index contributed by atoms with van der Waals surface area (Å²) in [6.07, 6.45) is 0.375. The summed E-state index contributed by atoms with van der Waals surface area (Å²) >= 11 is 0. The van der Waals surface area contributed by atoms with Crippen LogP contribution in [-0.2, 0) is 9.59 Å². The van der Waals surface area contributed by atoms with Crippen LogP contribution in [0.2, 0.25) is 0 Å². The number of nitrogens with zero attached hydrogens (tertiary/aromatic N) is 3. The Bertz CT molecular complexity index is 551. The van der Waals surface area contributed by atoms with Crippen molar-refractivity contribution in [3.63, 3.8) is 0 Å². The fourth-order valence-electron chi connectivity index (χ4n) is 2.94. The van der Waals surface area contributed by atoms with Crippen LogP contribution in [0.5, 0.6) is 0 Å². The predicted molar refractivity (Wildman–Crippen MR) is 92.5 cm³/mol. The Labute approximate surface area is 138 Å². The lowest BCUT2D eigenvalue weighted by Gasteiger charge is -2.34. The van der Waals surface area contributed by atoms with Gasteiger partial charge in [-0.05, 0) is 31.2 Å². The van der Waals surface area contributed by atoms with Crippen molar-refractivity contribution >= 4 is 17.5 Å². The molecule has 2 amide bonds. The second kappa shape index (κ2) is 8.11. The molecule has 23 heavy (non-hydrogen) atoms. The summed E-state index contributed by atoms with van der Waals surface area (Å²) in [5.41, 5.74) is 1.97. The minimum atomic E-state index is -0.0285. The first-order chi connectivity index (χ1) is 11.0. The largest absolute Gasteiger partial charge is 0.340 e. The van der Waals surface area contributed by atoms with Crippen molar-refractivity contribution in [1.29, 1.82) is 0 Å². The van der Waals surface area contributed by atoms with E-state index in [0.29, 0.717) is 13.0 Å². The molecule has 0 aliphatic carbocycles. The molecule has 0 N–H and O–H groups in total. The molecule has 1 aliphatic heterocycles. The van der Waals surface area contributed by atoms with E-state index < -0.39 is 0 Å². The summed E-state index contributed by atoms with van der Waals surface area (Å²) < 4.78 is 0. The summed E-state index contributed by atoms with van der Waals surface area (Å²) in [6.45, 7) is 10.6. The van der Waals surface area contributed by atoms with Gasteiger partial charge in [-0.25, -0.2) is 0 Å². The lowest BCUT2D eigenvalue weighted by Crippen LogP contribution is -2.49. The van der Waals surface area contributed by atoms with Crippen LogP contribution in [0.3, 0.4) is 0 Å². The molecular weight excluding hydrogens is 290 g/mol. The standard InChI is InChI=1S/C18H27N3O2/c1-4-19-10-12-20(13-11-19)18(23)8-9-21(16(3)22)17-7-5-6-15(2)14-17/h5-7,14H,4,8-13H2,1-3H3. The first-order valence-corrected chi connectivity index (χ1v) is 8.36. The minimum Gasteiger partial charge on any atom is -0.340 e. The van der Waals surface area contributed by atoms with Gasteiger partial charge in [0.2, 0.25) is 11.8 Å². The van der Waals surface area contributed by atoms with Gasteiger partial charge in [-0.2, -0.15) is 0 Å². The molecule has 1 aliphatic rings. The van der Waals surface area contributed by atoms with E-state index in [9.17, 15) is 9.59 Å². The molecule has 1 heterocycles. The highest BCUT2D eigenvalue weighted by Crippen LogP contribution is 2.17. The summed E-state index contributed by atoms with van der Waals surface area (Å²) in [5, 5.41) is 0. The van der Waals surface area contributed by atoms with Crippen LogP contribution in [0, 0.1) is 6.92 Å². The Kier molecular flexibility index (Phi) is 6.16. The normalized spacial score (nSPS) is 15.5. The molecule has 0 bridgehead atoms. The van der Waals surface area contributed by atoms with E-state index in [1.165, 1.54) is 0 Å². The van der Waals surface area contributed by atoms with Crippen molar-refractivity contribution in [3.8, 4) is 0 Å². The quantitative estimate of drug-likeness (QED) is 0.833. The Morgan fingerprint density at radius 1 is 1.17 bits per heavy atom. The maximum atomic E-state index is 12.4. The molecule has 5 heteroatoms. The van der Waals surface area contributed by atoms with Crippen molar-refractivity contribution in [2.24, 2.45) is 0 Å². The van der Waals surface area contributed by atoms with Gasteiger partial charge in [-0.3, -0.25) is 9.59 Å². The Balaban J connectivity index is 1.92. The fraction of sp³-hybridized carbons (Fsp3) is 0.556. The van der Waals surface area contributed by atoms with E-state index in [2.05, 4.69) is 11.8 Å². The number of carbonyl (C=O) groups excluding carboxylic acids is 2. The van der Waals surface area contributed by atoms with Gasteiger partial charge < -0.3 is 14.7 Å². The summed E-state index contributed by atoms with van der Waals surface area (Å²) in [4.78, 5) is 30.3. The van der Waals surface area contributed by atoms with Crippen molar-refractivity contribution < 1.29 is 9.59 Å². The molecular formula is C18H27N3O2. The second-order valence-electron chi connectivity index (χ2n) is 6.07. The van der Waals surface area contributed by atoms with E-state index in [0.717, 1.165) is 44.0 Å². The molecule has 1 saturated heterocycles. The number of benzene rings is 1. The number of hydrogen-bond acceptors (Lipinski definition) is 3. The molecule has 0 saturated carbocycles. The van der Waals surface area contributed by atoms with Crippen LogP contribution < -0.4 is 4.90 Å². The van der Waals surface area contributed by atoms with Crippen LogP contribution in [-0.4, -0.2) is 60.9 Å². The maximum absolute atomic E-state index is 12.4. The molecule has 1 aromatic rings. The molecule has 126 valence electrons. The number of rotatable bonds is 5. The lowest BCUT2D eigenvalue weighted by molar-refractivity contribution is -0.132. The predicted octanol–water partition coefficient (Wildman–Crippen LogP) is 1.90. The van der Waals surface area contributed by atoms with Gasteiger partial charge in [0.15, 0.2) is 0 Å². The van der Waals surface area contributed by atoms with Gasteiger partial charge in [0.1, 0.15) is 0 Å². The molecule has 2 rings (SSSR count). The number of aryl methyl sites for hydroxylation is 1. The number of anilines is 1. The number of hydrogen-bond donors (Lipinski definition) is 0. The van der Waals surface area contributed by atoms with Crippen LogP contribution >= 0.6 is 0 Å². The van der Waals surface area contributed by atoms with Crippen molar-refractivity contribution in [2.75, 3.05) is 44.2 Å². The zero-order valence-corrected chi connectivity index (χ0v) is 14.4. The van der Waals surface area contributed by atoms with Gasteiger partial charge >= 0.3 is 0 Å².